The van der Waals surface area contributed by atoms with Gasteiger partial charge in [-0.25, -0.2) is 0 Å². The summed E-state index contributed by atoms with van der Waals surface area (Å²) in [5.74, 6) is 0. The number of thiophene rings is 1. The molecule has 39 valence electrons. The Morgan fingerprint density at radius 1 is 1.75 bits per heavy atom. The van der Waals surface area contributed by atoms with Crippen LogP contribution in [0.25, 0.3) is 6.08 Å². The molecule has 1 heterocycles. The fourth-order valence-corrected chi connectivity index (χ4v) is 0.842. The van der Waals surface area contributed by atoms with Gasteiger partial charge < -0.3 is 24.0 Å². The van der Waals surface area contributed by atoms with Crippen molar-refractivity contribution in [2.45, 2.75) is 0 Å². The number of hydrogen-bond donors (Lipinski definition) is 0. The van der Waals surface area contributed by atoms with Crippen molar-refractivity contribution in [3.8, 4) is 0 Å². The predicted molar refractivity (Wildman–Crippen MR) is 31.9 cm³/mol. The summed E-state index contributed by atoms with van der Waals surface area (Å²) >= 11 is 1.59. The zero-order valence-corrected chi connectivity index (χ0v) is 7.95. The molecule has 0 aromatic carbocycles. The van der Waals surface area contributed by atoms with E-state index in [1.807, 2.05) is 11.4 Å². The molecule has 0 bridgehead atoms. The molecule has 1 aromatic heterocycles. The monoisotopic (exact) mass is 197 g/mol. The van der Waals surface area contributed by atoms with Gasteiger partial charge in [0.2, 0.25) is 0 Å². The van der Waals surface area contributed by atoms with E-state index < -0.39 is 0 Å². The largest absolute Gasteiger partial charge is 0.360 e. The second-order valence-electron chi connectivity index (χ2n) is 1.10. The van der Waals surface area contributed by atoms with Crippen LogP contribution in [0.15, 0.2) is 11.4 Å². The number of rotatable bonds is 1. The fourth-order valence-electron chi connectivity index (χ4n) is 0.345. The van der Waals surface area contributed by atoms with Crippen molar-refractivity contribution in [3.05, 3.63) is 29.0 Å². The molecule has 0 fully saturated rings. The third-order valence-corrected chi connectivity index (χ3v) is 1.42. The molecule has 2 heteroatoms. The molecule has 1 radical (unpaired) electrons. The summed E-state index contributed by atoms with van der Waals surface area (Å²) < 4.78 is 0. The molecule has 0 spiro atoms. The second-order valence-corrected chi connectivity index (χ2v) is 2.04. The molecule has 0 aliphatic heterocycles. The molecule has 1 aromatic rings. The topological polar surface area (TPSA) is 0 Å². The quantitative estimate of drug-likeness (QED) is 0.604. The Morgan fingerprint density at radius 2 is 2.50 bits per heavy atom. The summed E-state index contributed by atoms with van der Waals surface area (Å²) in [4.78, 5) is 1.00. The van der Waals surface area contributed by atoms with Gasteiger partial charge in [-0.05, 0) is 0 Å². The van der Waals surface area contributed by atoms with Crippen molar-refractivity contribution in [3.63, 3.8) is 0 Å². The molecule has 0 N–H and O–H groups in total. The number of hydrogen-bond acceptors (Lipinski definition) is 1. The van der Waals surface area contributed by atoms with E-state index in [2.05, 4.69) is 6.07 Å². The Bertz CT molecular complexity index is 144. The van der Waals surface area contributed by atoms with Gasteiger partial charge in [0.15, 0.2) is 0 Å². The minimum Gasteiger partial charge on any atom is -0.360 e. The van der Waals surface area contributed by atoms with E-state index in [0.29, 0.717) is 0 Å². The molecule has 8 heavy (non-hydrogen) atoms. The van der Waals surface area contributed by atoms with Gasteiger partial charge in [0, 0.05) is 32.7 Å². The molecular formula is C6H4SY-2. The van der Waals surface area contributed by atoms with Crippen LogP contribution in [0.1, 0.15) is 4.88 Å². The maximum absolute atomic E-state index is 5.15. The van der Waals surface area contributed by atoms with Crippen LogP contribution in [-0.4, -0.2) is 0 Å². The second kappa shape index (κ2) is 4.43. The minimum absolute atomic E-state index is 0. The van der Waals surface area contributed by atoms with E-state index in [9.17, 15) is 0 Å². The Labute approximate surface area is 78.5 Å². The van der Waals surface area contributed by atoms with Gasteiger partial charge in [0.25, 0.3) is 0 Å². The first-order valence-corrected chi connectivity index (χ1v) is 2.81. The average Bonchev–Trinajstić information content (AvgIpc) is 2.14. The zero-order valence-electron chi connectivity index (χ0n) is 4.29. The summed E-state index contributed by atoms with van der Waals surface area (Å²) in [6.45, 7) is 5.15. The normalized spacial score (nSPS) is 7.50. The summed E-state index contributed by atoms with van der Waals surface area (Å²) in [6.07, 6.45) is 1.55. The first-order valence-electron chi connectivity index (χ1n) is 1.93. The van der Waals surface area contributed by atoms with Crippen LogP contribution in [0.4, 0.5) is 0 Å². The Hall–Kier alpha value is 0.544. The Balaban J connectivity index is 0.000000490. The molecule has 0 unspecified atom stereocenters. The smallest absolute Gasteiger partial charge is 0 e. The molecular weight excluding hydrogens is 193 g/mol. The summed E-state index contributed by atoms with van der Waals surface area (Å²) in [7, 11) is 0. The van der Waals surface area contributed by atoms with Crippen LogP contribution in [0, 0.1) is 12.6 Å². The van der Waals surface area contributed by atoms with Crippen LogP contribution in [-0.2, 0) is 32.7 Å². The van der Waals surface area contributed by atoms with E-state index in [1.54, 1.807) is 17.4 Å². The summed E-state index contributed by atoms with van der Waals surface area (Å²) in [6, 6.07) is 4.78. The van der Waals surface area contributed by atoms with Gasteiger partial charge in [-0.2, -0.15) is 6.07 Å². The van der Waals surface area contributed by atoms with Crippen LogP contribution < -0.4 is 0 Å². The third-order valence-electron chi connectivity index (χ3n) is 0.640. The van der Waals surface area contributed by atoms with Crippen molar-refractivity contribution in [1.29, 1.82) is 0 Å². The molecule has 0 aliphatic rings. The van der Waals surface area contributed by atoms with Crippen molar-refractivity contribution < 1.29 is 32.7 Å². The molecule has 1 rings (SSSR count). The molecule has 0 saturated heterocycles. The van der Waals surface area contributed by atoms with Gasteiger partial charge in [-0.1, -0.05) is 0 Å². The van der Waals surface area contributed by atoms with E-state index in [4.69, 9.17) is 6.58 Å². The summed E-state index contributed by atoms with van der Waals surface area (Å²) in [5, 5.41) is 1.94. The Kier molecular flexibility index (Phi) is 4.73. The maximum Gasteiger partial charge on any atom is 0 e. The van der Waals surface area contributed by atoms with Gasteiger partial charge in [-0.3, -0.25) is 10.9 Å². The zero-order chi connectivity index (χ0) is 5.11. The van der Waals surface area contributed by atoms with Gasteiger partial charge in [-0.15, -0.1) is 5.38 Å². The molecule has 0 nitrogen and oxygen atoms in total. The van der Waals surface area contributed by atoms with Gasteiger partial charge >= 0.3 is 0 Å². The van der Waals surface area contributed by atoms with Crippen molar-refractivity contribution in [2.75, 3.05) is 0 Å². The molecule has 0 atom stereocenters. The standard InChI is InChI=1S/C6H4S.Y/c1-2-6-4-3-5-7-6;/h1-3,5H;/q-2;. The maximum atomic E-state index is 5.15. The predicted octanol–water partition coefficient (Wildman–Crippen LogP) is 1.99. The first kappa shape index (κ1) is 8.54. The molecule has 0 aliphatic carbocycles. The van der Waals surface area contributed by atoms with E-state index in [1.165, 1.54) is 0 Å². The van der Waals surface area contributed by atoms with Crippen molar-refractivity contribution in [1.82, 2.24) is 0 Å². The minimum atomic E-state index is 0. The van der Waals surface area contributed by atoms with Crippen LogP contribution in [0.3, 0.4) is 0 Å². The average molecular weight is 197 g/mol. The SMILES string of the molecule is [CH-]=Cc1[c-]ccs1.[Y]. The first-order chi connectivity index (χ1) is 3.43. The van der Waals surface area contributed by atoms with Crippen LogP contribution in [0.5, 0.6) is 0 Å². The third kappa shape index (κ3) is 2.21. The van der Waals surface area contributed by atoms with Crippen molar-refractivity contribution >= 4 is 17.4 Å². The van der Waals surface area contributed by atoms with E-state index >= 15 is 0 Å². The van der Waals surface area contributed by atoms with Crippen LogP contribution in [0.2, 0.25) is 0 Å². The summed E-state index contributed by atoms with van der Waals surface area (Å²) in [5.41, 5.74) is 0. The van der Waals surface area contributed by atoms with Crippen molar-refractivity contribution in [2.24, 2.45) is 0 Å². The molecule has 0 saturated carbocycles. The van der Waals surface area contributed by atoms with E-state index in [0.717, 1.165) is 4.88 Å². The van der Waals surface area contributed by atoms with Gasteiger partial charge in [0.1, 0.15) is 0 Å². The van der Waals surface area contributed by atoms with Crippen LogP contribution >= 0.6 is 11.3 Å². The van der Waals surface area contributed by atoms with E-state index in [-0.39, 0.29) is 32.7 Å². The van der Waals surface area contributed by atoms with Gasteiger partial charge in [0.05, 0.1) is 0 Å². The Morgan fingerprint density at radius 3 is 2.75 bits per heavy atom. The molecule has 0 amide bonds. The fraction of sp³-hybridized carbons (Fsp3) is 0.